The fourth-order valence-corrected chi connectivity index (χ4v) is 3.06. The van der Waals surface area contributed by atoms with Crippen LogP contribution >= 0.6 is 15.9 Å². The standard InChI is InChI=1S/C21H35BrO/c1-8-9-10-11-12-23-19-17(20(2,3)4)13-16(15-22)14-18(19)21(5,6)7/h13-14H,8-12,15H2,1-7H3. The Morgan fingerprint density at radius 1 is 0.870 bits per heavy atom. The lowest BCUT2D eigenvalue weighted by molar-refractivity contribution is 0.289. The molecule has 0 radical (unpaired) electrons. The topological polar surface area (TPSA) is 9.23 Å². The number of hydrogen-bond donors (Lipinski definition) is 0. The van der Waals surface area contributed by atoms with Gasteiger partial charge >= 0.3 is 0 Å². The zero-order valence-corrected chi connectivity index (χ0v) is 17.8. The van der Waals surface area contributed by atoms with Gasteiger partial charge in [0.15, 0.2) is 0 Å². The van der Waals surface area contributed by atoms with Gasteiger partial charge in [-0.05, 0) is 22.8 Å². The molecule has 0 spiro atoms. The van der Waals surface area contributed by atoms with E-state index in [2.05, 4.69) is 76.5 Å². The van der Waals surface area contributed by atoms with Crippen molar-refractivity contribution in [1.29, 1.82) is 0 Å². The first-order valence-corrected chi connectivity index (χ1v) is 10.1. The first kappa shape index (κ1) is 20.5. The average Bonchev–Trinajstić information content (AvgIpc) is 2.44. The van der Waals surface area contributed by atoms with Gasteiger partial charge in [0.2, 0.25) is 0 Å². The molecule has 0 amide bonds. The smallest absolute Gasteiger partial charge is 0.126 e. The van der Waals surface area contributed by atoms with E-state index in [1.165, 1.54) is 36.0 Å². The van der Waals surface area contributed by atoms with Crippen LogP contribution in [0.4, 0.5) is 0 Å². The second-order valence-corrected chi connectivity index (χ2v) is 9.12. The molecule has 132 valence electrons. The van der Waals surface area contributed by atoms with E-state index in [1.54, 1.807) is 0 Å². The van der Waals surface area contributed by atoms with Gasteiger partial charge in [-0.3, -0.25) is 0 Å². The number of rotatable bonds is 7. The van der Waals surface area contributed by atoms with Crippen molar-refractivity contribution < 1.29 is 4.74 Å². The van der Waals surface area contributed by atoms with Crippen molar-refractivity contribution in [2.75, 3.05) is 6.61 Å². The third-order valence-electron chi connectivity index (χ3n) is 4.16. The maximum absolute atomic E-state index is 6.35. The number of benzene rings is 1. The molecular weight excluding hydrogens is 348 g/mol. The summed E-state index contributed by atoms with van der Waals surface area (Å²) in [7, 11) is 0. The van der Waals surface area contributed by atoms with Crippen LogP contribution < -0.4 is 4.74 Å². The molecule has 0 saturated heterocycles. The number of alkyl halides is 1. The Morgan fingerprint density at radius 2 is 1.39 bits per heavy atom. The fourth-order valence-electron chi connectivity index (χ4n) is 2.74. The van der Waals surface area contributed by atoms with E-state index in [9.17, 15) is 0 Å². The van der Waals surface area contributed by atoms with E-state index >= 15 is 0 Å². The lowest BCUT2D eigenvalue weighted by Gasteiger charge is -2.30. The highest BCUT2D eigenvalue weighted by atomic mass is 79.9. The van der Waals surface area contributed by atoms with Crippen LogP contribution in [0, 0.1) is 0 Å². The van der Waals surface area contributed by atoms with E-state index in [0.717, 1.165) is 24.1 Å². The van der Waals surface area contributed by atoms with Crippen LogP contribution in [-0.2, 0) is 16.2 Å². The Bertz CT molecular complexity index is 457. The molecular formula is C21H35BrO. The summed E-state index contributed by atoms with van der Waals surface area (Å²) in [6.45, 7) is 16.7. The van der Waals surface area contributed by atoms with Crippen molar-refractivity contribution in [3.8, 4) is 5.75 Å². The lowest BCUT2D eigenvalue weighted by atomic mass is 9.78. The van der Waals surface area contributed by atoms with E-state index in [-0.39, 0.29) is 10.8 Å². The molecule has 1 rings (SSSR count). The Morgan fingerprint density at radius 3 is 1.78 bits per heavy atom. The van der Waals surface area contributed by atoms with Crippen molar-refractivity contribution in [3.63, 3.8) is 0 Å². The van der Waals surface area contributed by atoms with E-state index in [4.69, 9.17) is 4.74 Å². The average molecular weight is 383 g/mol. The molecule has 1 aromatic carbocycles. The minimum absolute atomic E-state index is 0.0803. The fraction of sp³-hybridized carbons (Fsp3) is 0.714. The highest BCUT2D eigenvalue weighted by Gasteiger charge is 2.27. The molecule has 0 bridgehead atoms. The maximum atomic E-state index is 6.35. The Balaban J connectivity index is 3.21. The molecule has 0 heterocycles. The summed E-state index contributed by atoms with van der Waals surface area (Å²) in [5, 5.41) is 0.885. The van der Waals surface area contributed by atoms with Gasteiger partial charge in [0.25, 0.3) is 0 Å². The van der Waals surface area contributed by atoms with Crippen molar-refractivity contribution >= 4 is 15.9 Å². The third kappa shape index (κ3) is 6.14. The van der Waals surface area contributed by atoms with Crippen LogP contribution in [0.25, 0.3) is 0 Å². The zero-order chi connectivity index (χ0) is 17.7. The predicted octanol–water partition coefficient (Wildman–Crippen LogP) is 7.14. The van der Waals surface area contributed by atoms with Crippen LogP contribution in [-0.4, -0.2) is 6.61 Å². The van der Waals surface area contributed by atoms with E-state index < -0.39 is 0 Å². The normalized spacial score (nSPS) is 12.5. The molecule has 0 N–H and O–H groups in total. The Kier molecular flexibility index (Phi) is 7.64. The number of halogens is 1. The molecule has 0 aliphatic carbocycles. The summed E-state index contributed by atoms with van der Waals surface area (Å²) in [6, 6.07) is 4.62. The largest absolute Gasteiger partial charge is 0.493 e. The second-order valence-electron chi connectivity index (χ2n) is 8.56. The molecule has 1 nitrogen and oxygen atoms in total. The summed E-state index contributed by atoms with van der Waals surface area (Å²) in [4.78, 5) is 0. The van der Waals surface area contributed by atoms with Gasteiger partial charge in [-0.15, -0.1) is 0 Å². The van der Waals surface area contributed by atoms with Crippen molar-refractivity contribution in [3.05, 3.63) is 28.8 Å². The molecule has 0 aliphatic heterocycles. The van der Waals surface area contributed by atoms with Crippen LogP contribution in [0.5, 0.6) is 5.75 Å². The van der Waals surface area contributed by atoms with E-state index in [0.29, 0.717) is 0 Å². The third-order valence-corrected chi connectivity index (χ3v) is 4.81. The van der Waals surface area contributed by atoms with Crippen LogP contribution in [0.3, 0.4) is 0 Å². The molecule has 2 heteroatoms. The van der Waals surface area contributed by atoms with Crippen molar-refractivity contribution in [1.82, 2.24) is 0 Å². The minimum atomic E-state index is 0.0803. The van der Waals surface area contributed by atoms with Crippen molar-refractivity contribution in [2.24, 2.45) is 0 Å². The molecule has 0 unspecified atom stereocenters. The Labute approximate surface area is 152 Å². The van der Waals surface area contributed by atoms with Gasteiger partial charge in [-0.1, -0.05) is 95.8 Å². The molecule has 1 aromatic rings. The zero-order valence-electron chi connectivity index (χ0n) is 16.2. The minimum Gasteiger partial charge on any atom is -0.493 e. The molecule has 0 fully saturated rings. The van der Waals surface area contributed by atoms with Gasteiger partial charge in [-0.25, -0.2) is 0 Å². The van der Waals surface area contributed by atoms with Crippen LogP contribution in [0.1, 0.15) is 90.8 Å². The highest BCUT2D eigenvalue weighted by molar-refractivity contribution is 9.08. The van der Waals surface area contributed by atoms with Gasteiger partial charge in [0.05, 0.1) is 6.61 Å². The molecule has 0 saturated carbocycles. The highest BCUT2D eigenvalue weighted by Crippen LogP contribution is 2.41. The summed E-state index contributed by atoms with van der Waals surface area (Å²) >= 11 is 3.62. The number of unbranched alkanes of at least 4 members (excludes halogenated alkanes) is 3. The lowest BCUT2D eigenvalue weighted by Crippen LogP contribution is -2.20. The van der Waals surface area contributed by atoms with Gasteiger partial charge in [0, 0.05) is 16.5 Å². The summed E-state index contributed by atoms with van der Waals surface area (Å²) in [5.74, 6) is 1.12. The van der Waals surface area contributed by atoms with Gasteiger partial charge in [-0.2, -0.15) is 0 Å². The SMILES string of the molecule is CCCCCCOc1c(C(C)(C)C)cc(CBr)cc1C(C)(C)C. The van der Waals surface area contributed by atoms with Gasteiger partial charge in [0.1, 0.15) is 5.75 Å². The first-order chi connectivity index (χ1) is 10.6. The maximum Gasteiger partial charge on any atom is 0.126 e. The molecule has 0 atom stereocenters. The quantitative estimate of drug-likeness (QED) is 0.359. The monoisotopic (exact) mass is 382 g/mol. The number of hydrogen-bond acceptors (Lipinski definition) is 1. The van der Waals surface area contributed by atoms with Crippen molar-refractivity contribution in [2.45, 2.75) is 90.3 Å². The predicted molar refractivity (Wildman–Crippen MR) is 106 cm³/mol. The van der Waals surface area contributed by atoms with Crippen LogP contribution in [0.15, 0.2) is 12.1 Å². The summed E-state index contributed by atoms with van der Waals surface area (Å²) in [6.07, 6.45) is 4.96. The second kappa shape index (κ2) is 8.55. The van der Waals surface area contributed by atoms with Crippen LogP contribution in [0.2, 0.25) is 0 Å². The van der Waals surface area contributed by atoms with Gasteiger partial charge < -0.3 is 4.74 Å². The number of ether oxygens (including phenoxy) is 1. The summed E-state index contributed by atoms with van der Waals surface area (Å²) in [5.41, 5.74) is 4.15. The molecule has 23 heavy (non-hydrogen) atoms. The van der Waals surface area contributed by atoms with E-state index in [1.807, 2.05) is 0 Å². The molecule has 0 aromatic heterocycles. The molecule has 0 aliphatic rings. The Hall–Kier alpha value is -0.500. The summed E-state index contributed by atoms with van der Waals surface area (Å²) < 4.78 is 6.35. The first-order valence-electron chi connectivity index (χ1n) is 8.98.